The maximum Gasteiger partial charge on any atom is 0.138 e. The van der Waals surface area contributed by atoms with E-state index in [4.69, 9.17) is 0 Å². The topological polar surface area (TPSA) is 42.7 Å². The molecule has 1 aromatic heterocycles. The maximum absolute atomic E-state index is 4.36. The van der Waals surface area contributed by atoms with Gasteiger partial charge in [-0.25, -0.2) is 4.98 Å². The van der Waals surface area contributed by atoms with E-state index < -0.39 is 0 Å². The highest BCUT2D eigenvalue weighted by atomic mass is 15.3. The molecular weight excluding hydrogens is 212 g/mol. The average molecular weight is 238 g/mol. The quantitative estimate of drug-likeness (QED) is 0.792. The van der Waals surface area contributed by atoms with Gasteiger partial charge in [-0.1, -0.05) is 27.7 Å². The largest absolute Gasteiger partial charge is 0.312 e. The Bertz CT molecular complexity index is 319. The normalized spacial score (nSPS) is 15.2. The van der Waals surface area contributed by atoms with Crippen LogP contribution in [0.2, 0.25) is 0 Å². The molecule has 0 aliphatic rings. The van der Waals surface area contributed by atoms with Gasteiger partial charge in [-0.15, -0.1) is 0 Å². The third-order valence-electron chi connectivity index (χ3n) is 3.09. The SMILES string of the molecule is CCCn1ncnc1CC(C)C(C)NC(C)C. The van der Waals surface area contributed by atoms with Crippen molar-refractivity contribution >= 4 is 0 Å². The highest BCUT2D eigenvalue weighted by Gasteiger charge is 2.16. The minimum atomic E-state index is 0.502. The molecule has 1 aromatic rings. The van der Waals surface area contributed by atoms with Crippen LogP contribution in [0.25, 0.3) is 0 Å². The fourth-order valence-corrected chi connectivity index (χ4v) is 2.00. The van der Waals surface area contributed by atoms with Gasteiger partial charge in [-0.3, -0.25) is 4.68 Å². The van der Waals surface area contributed by atoms with E-state index in [1.165, 1.54) is 0 Å². The molecule has 98 valence electrons. The van der Waals surface area contributed by atoms with Crippen LogP contribution in [-0.2, 0) is 13.0 Å². The lowest BCUT2D eigenvalue weighted by molar-refractivity contribution is 0.361. The number of hydrogen-bond acceptors (Lipinski definition) is 3. The summed E-state index contributed by atoms with van der Waals surface area (Å²) in [5.74, 6) is 1.67. The van der Waals surface area contributed by atoms with Crippen molar-refractivity contribution in [3.05, 3.63) is 12.2 Å². The van der Waals surface area contributed by atoms with E-state index in [1.54, 1.807) is 6.33 Å². The standard InChI is InChI=1S/C13H26N4/c1-6-7-17-13(14-9-15-17)8-11(4)12(5)16-10(2)3/h9-12,16H,6-8H2,1-5H3. The van der Waals surface area contributed by atoms with E-state index in [2.05, 4.69) is 50.0 Å². The molecule has 4 heteroatoms. The van der Waals surface area contributed by atoms with Crippen LogP contribution in [0.4, 0.5) is 0 Å². The van der Waals surface area contributed by atoms with Crippen LogP contribution in [0, 0.1) is 5.92 Å². The molecule has 0 fully saturated rings. The summed E-state index contributed by atoms with van der Waals surface area (Å²) in [5, 5.41) is 7.81. The zero-order chi connectivity index (χ0) is 12.8. The zero-order valence-electron chi connectivity index (χ0n) is 11.8. The molecule has 4 nitrogen and oxygen atoms in total. The van der Waals surface area contributed by atoms with Crippen molar-refractivity contribution in [2.24, 2.45) is 5.92 Å². The van der Waals surface area contributed by atoms with Gasteiger partial charge in [-0.05, 0) is 19.3 Å². The van der Waals surface area contributed by atoms with Crippen LogP contribution in [0.5, 0.6) is 0 Å². The monoisotopic (exact) mass is 238 g/mol. The Morgan fingerprint density at radius 1 is 1.29 bits per heavy atom. The summed E-state index contributed by atoms with van der Waals surface area (Å²) in [5.41, 5.74) is 0. The number of hydrogen-bond donors (Lipinski definition) is 1. The second-order valence-electron chi connectivity index (χ2n) is 5.19. The first kappa shape index (κ1) is 14.2. The van der Waals surface area contributed by atoms with Crippen molar-refractivity contribution < 1.29 is 0 Å². The molecule has 2 atom stereocenters. The Balaban J connectivity index is 2.54. The third-order valence-corrected chi connectivity index (χ3v) is 3.09. The Morgan fingerprint density at radius 3 is 2.59 bits per heavy atom. The molecule has 0 saturated carbocycles. The number of nitrogens with zero attached hydrogens (tertiary/aromatic N) is 3. The number of aromatic nitrogens is 3. The van der Waals surface area contributed by atoms with Crippen LogP contribution in [0.3, 0.4) is 0 Å². The number of aryl methyl sites for hydroxylation is 1. The lowest BCUT2D eigenvalue weighted by atomic mass is 9.98. The molecule has 0 amide bonds. The minimum absolute atomic E-state index is 0.502. The zero-order valence-corrected chi connectivity index (χ0v) is 11.8. The van der Waals surface area contributed by atoms with Crippen LogP contribution < -0.4 is 5.32 Å². The van der Waals surface area contributed by atoms with Crippen molar-refractivity contribution in [1.29, 1.82) is 0 Å². The number of rotatable bonds is 7. The van der Waals surface area contributed by atoms with Crippen molar-refractivity contribution in [3.8, 4) is 0 Å². The first-order valence-electron chi connectivity index (χ1n) is 6.67. The van der Waals surface area contributed by atoms with Gasteiger partial charge >= 0.3 is 0 Å². The van der Waals surface area contributed by atoms with Crippen LogP contribution >= 0.6 is 0 Å². The number of nitrogens with one attached hydrogen (secondary N) is 1. The molecule has 0 aromatic carbocycles. The van der Waals surface area contributed by atoms with Gasteiger partial charge in [0.2, 0.25) is 0 Å². The second kappa shape index (κ2) is 6.74. The van der Waals surface area contributed by atoms with Crippen molar-refractivity contribution in [3.63, 3.8) is 0 Å². The molecule has 0 bridgehead atoms. The van der Waals surface area contributed by atoms with Gasteiger partial charge in [0.25, 0.3) is 0 Å². The lowest BCUT2D eigenvalue weighted by Gasteiger charge is -2.23. The van der Waals surface area contributed by atoms with E-state index >= 15 is 0 Å². The minimum Gasteiger partial charge on any atom is -0.312 e. The van der Waals surface area contributed by atoms with Crippen LogP contribution in [-0.4, -0.2) is 26.8 Å². The molecule has 0 radical (unpaired) electrons. The van der Waals surface area contributed by atoms with Crippen molar-refractivity contribution in [1.82, 2.24) is 20.1 Å². The van der Waals surface area contributed by atoms with Gasteiger partial charge < -0.3 is 5.32 Å². The highest BCUT2D eigenvalue weighted by molar-refractivity contribution is 4.89. The predicted octanol–water partition coefficient (Wildman–Crippen LogP) is 2.25. The molecule has 0 saturated heterocycles. The first-order chi connectivity index (χ1) is 8.04. The van der Waals surface area contributed by atoms with Gasteiger partial charge in [-0.2, -0.15) is 5.10 Å². The van der Waals surface area contributed by atoms with Crippen molar-refractivity contribution in [2.45, 2.75) is 66.1 Å². The molecule has 0 spiro atoms. The summed E-state index contributed by atoms with van der Waals surface area (Å²) in [6.45, 7) is 12.0. The molecule has 1 heterocycles. The van der Waals surface area contributed by atoms with Gasteiger partial charge in [0, 0.05) is 25.0 Å². The van der Waals surface area contributed by atoms with Crippen molar-refractivity contribution in [2.75, 3.05) is 0 Å². The van der Waals surface area contributed by atoms with Gasteiger partial charge in [0.15, 0.2) is 0 Å². The molecule has 0 aliphatic carbocycles. The predicted molar refractivity (Wildman–Crippen MR) is 70.9 cm³/mol. The summed E-state index contributed by atoms with van der Waals surface area (Å²) in [4.78, 5) is 4.36. The Morgan fingerprint density at radius 2 is 2.00 bits per heavy atom. The fraction of sp³-hybridized carbons (Fsp3) is 0.846. The van der Waals surface area contributed by atoms with Gasteiger partial charge in [0.1, 0.15) is 12.2 Å². The summed E-state index contributed by atoms with van der Waals surface area (Å²) in [7, 11) is 0. The maximum atomic E-state index is 4.36. The summed E-state index contributed by atoms with van der Waals surface area (Å²) >= 11 is 0. The fourth-order valence-electron chi connectivity index (χ4n) is 2.00. The van der Waals surface area contributed by atoms with E-state index in [0.717, 1.165) is 25.2 Å². The van der Waals surface area contributed by atoms with E-state index in [1.807, 2.05) is 4.68 Å². The van der Waals surface area contributed by atoms with E-state index in [0.29, 0.717) is 18.0 Å². The smallest absolute Gasteiger partial charge is 0.138 e. The molecule has 1 rings (SSSR count). The van der Waals surface area contributed by atoms with E-state index in [-0.39, 0.29) is 0 Å². The molecule has 1 N–H and O–H groups in total. The average Bonchev–Trinajstić information content (AvgIpc) is 2.65. The Hall–Kier alpha value is -0.900. The Kier molecular flexibility index (Phi) is 5.62. The summed E-state index contributed by atoms with van der Waals surface area (Å²) in [6.07, 6.45) is 3.75. The molecule has 2 unspecified atom stereocenters. The van der Waals surface area contributed by atoms with Crippen LogP contribution in [0.15, 0.2) is 6.33 Å². The van der Waals surface area contributed by atoms with Crippen LogP contribution in [0.1, 0.15) is 46.9 Å². The van der Waals surface area contributed by atoms with Gasteiger partial charge in [0.05, 0.1) is 0 Å². The highest BCUT2D eigenvalue weighted by Crippen LogP contribution is 2.11. The Labute approximate surface area is 105 Å². The summed E-state index contributed by atoms with van der Waals surface area (Å²) in [6, 6.07) is 1.03. The molecular formula is C13H26N4. The summed E-state index contributed by atoms with van der Waals surface area (Å²) < 4.78 is 2.03. The third kappa shape index (κ3) is 4.46. The van der Waals surface area contributed by atoms with E-state index in [9.17, 15) is 0 Å². The lowest BCUT2D eigenvalue weighted by Crippen LogP contribution is -2.38. The molecule has 0 aliphatic heterocycles. The first-order valence-corrected chi connectivity index (χ1v) is 6.67. The molecule has 17 heavy (non-hydrogen) atoms. The second-order valence-corrected chi connectivity index (χ2v) is 5.19.